The molecule has 0 aliphatic heterocycles. The highest BCUT2D eigenvalue weighted by atomic mass is 16.5. The van der Waals surface area contributed by atoms with Gasteiger partial charge in [-0.15, -0.1) is 0 Å². The lowest BCUT2D eigenvalue weighted by atomic mass is 9.99. The largest absolute Gasteiger partial charge is 0.377 e. The van der Waals surface area contributed by atoms with E-state index in [-0.39, 0.29) is 0 Å². The monoisotopic (exact) mass is 234 g/mol. The molecule has 0 saturated heterocycles. The molecule has 0 aromatic carbocycles. The smallest absolute Gasteiger partial charge is 0.0759 e. The number of aromatic nitrogens is 1. The van der Waals surface area contributed by atoms with Crippen LogP contribution >= 0.6 is 0 Å². The summed E-state index contributed by atoms with van der Waals surface area (Å²) in [6.07, 6.45) is 7.74. The van der Waals surface area contributed by atoms with E-state index in [1.54, 1.807) is 0 Å². The van der Waals surface area contributed by atoms with Crippen LogP contribution in [0.2, 0.25) is 0 Å². The molecule has 1 aliphatic rings. The van der Waals surface area contributed by atoms with Gasteiger partial charge in [-0.05, 0) is 50.8 Å². The van der Waals surface area contributed by atoms with Gasteiger partial charge >= 0.3 is 0 Å². The number of hydrogen-bond donors (Lipinski definition) is 1. The first-order valence-corrected chi connectivity index (χ1v) is 6.53. The minimum absolute atomic E-state index is 0.352. The molecule has 1 saturated carbocycles. The molecule has 3 heteroatoms. The van der Waals surface area contributed by atoms with E-state index < -0.39 is 0 Å². The van der Waals surface area contributed by atoms with Crippen LogP contribution in [-0.4, -0.2) is 30.8 Å². The van der Waals surface area contributed by atoms with Crippen molar-refractivity contribution in [3.63, 3.8) is 0 Å². The fraction of sp³-hybridized carbons (Fsp3) is 0.643. The summed E-state index contributed by atoms with van der Waals surface area (Å²) in [4.78, 5) is 4.17. The predicted octanol–water partition coefficient (Wildman–Crippen LogP) is 2.03. The van der Waals surface area contributed by atoms with E-state index in [2.05, 4.69) is 23.3 Å². The Hall–Kier alpha value is -0.930. The van der Waals surface area contributed by atoms with Crippen molar-refractivity contribution in [1.82, 2.24) is 10.3 Å². The highest BCUT2D eigenvalue weighted by Crippen LogP contribution is 2.36. The second kappa shape index (κ2) is 6.12. The Kier molecular flexibility index (Phi) is 4.51. The number of nitrogens with zero attached hydrogens (tertiary/aromatic N) is 1. The van der Waals surface area contributed by atoms with Crippen molar-refractivity contribution in [2.24, 2.45) is 5.92 Å². The maximum atomic E-state index is 5.91. The van der Waals surface area contributed by atoms with Gasteiger partial charge in [0.25, 0.3) is 0 Å². The molecule has 2 rings (SSSR count). The van der Waals surface area contributed by atoms with Crippen LogP contribution in [0.5, 0.6) is 0 Å². The van der Waals surface area contributed by atoms with E-state index in [4.69, 9.17) is 4.74 Å². The van der Waals surface area contributed by atoms with Gasteiger partial charge in [0.1, 0.15) is 0 Å². The normalized spacial score (nSPS) is 18.9. The molecule has 1 heterocycles. The first kappa shape index (κ1) is 12.5. The number of nitrogens with one attached hydrogen (secondary N) is 1. The fourth-order valence-corrected chi connectivity index (χ4v) is 2.35. The van der Waals surface area contributed by atoms with Crippen LogP contribution < -0.4 is 5.32 Å². The van der Waals surface area contributed by atoms with Crippen molar-refractivity contribution in [1.29, 1.82) is 0 Å². The van der Waals surface area contributed by atoms with E-state index in [9.17, 15) is 0 Å². The second-order valence-electron chi connectivity index (χ2n) is 4.72. The van der Waals surface area contributed by atoms with Gasteiger partial charge in [-0.2, -0.15) is 0 Å². The lowest BCUT2D eigenvalue weighted by Crippen LogP contribution is -2.42. The third kappa shape index (κ3) is 3.51. The SMILES string of the molecule is CCOC(C1CC1)C(Cc1cccnc1)NC. The van der Waals surface area contributed by atoms with E-state index in [0.717, 1.165) is 18.9 Å². The number of pyridine rings is 1. The van der Waals surface area contributed by atoms with Crippen LogP contribution in [0.15, 0.2) is 24.5 Å². The Bertz CT molecular complexity index is 324. The van der Waals surface area contributed by atoms with Crippen molar-refractivity contribution in [3.05, 3.63) is 30.1 Å². The average molecular weight is 234 g/mol. The van der Waals surface area contributed by atoms with Crippen LogP contribution in [-0.2, 0) is 11.2 Å². The predicted molar refractivity (Wildman–Crippen MR) is 68.9 cm³/mol. The van der Waals surface area contributed by atoms with E-state index in [0.29, 0.717) is 12.1 Å². The topological polar surface area (TPSA) is 34.1 Å². The molecule has 94 valence electrons. The molecule has 0 amide bonds. The Morgan fingerprint density at radius 1 is 1.53 bits per heavy atom. The molecule has 1 aromatic rings. The molecule has 1 aliphatic carbocycles. The van der Waals surface area contributed by atoms with Gasteiger partial charge in [-0.3, -0.25) is 4.98 Å². The lowest BCUT2D eigenvalue weighted by molar-refractivity contribution is 0.0211. The first-order chi connectivity index (χ1) is 8.35. The third-order valence-corrected chi connectivity index (χ3v) is 3.39. The zero-order valence-corrected chi connectivity index (χ0v) is 10.7. The van der Waals surface area contributed by atoms with Crippen LogP contribution in [0.3, 0.4) is 0 Å². The summed E-state index contributed by atoms with van der Waals surface area (Å²) >= 11 is 0. The third-order valence-electron chi connectivity index (χ3n) is 3.39. The van der Waals surface area contributed by atoms with Crippen LogP contribution in [0.4, 0.5) is 0 Å². The fourth-order valence-electron chi connectivity index (χ4n) is 2.35. The summed E-state index contributed by atoms with van der Waals surface area (Å²) in [6, 6.07) is 4.52. The Morgan fingerprint density at radius 2 is 2.35 bits per heavy atom. The molecule has 0 bridgehead atoms. The Balaban J connectivity index is 1.99. The average Bonchev–Trinajstić information content (AvgIpc) is 3.19. The lowest BCUT2D eigenvalue weighted by Gasteiger charge is -2.26. The molecular formula is C14H22N2O. The minimum Gasteiger partial charge on any atom is -0.377 e. The summed E-state index contributed by atoms with van der Waals surface area (Å²) in [5.74, 6) is 0.754. The van der Waals surface area contributed by atoms with Gasteiger partial charge in [0.15, 0.2) is 0 Å². The molecule has 1 aromatic heterocycles. The van der Waals surface area contributed by atoms with Gasteiger partial charge in [0.05, 0.1) is 6.10 Å². The molecule has 1 fully saturated rings. The zero-order valence-electron chi connectivity index (χ0n) is 10.7. The first-order valence-electron chi connectivity index (χ1n) is 6.53. The van der Waals surface area contributed by atoms with Crippen LogP contribution in [0.1, 0.15) is 25.3 Å². The standard InChI is InChI=1S/C14H22N2O/c1-3-17-14(12-6-7-12)13(15-2)9-11-5-4-8-16-10-11/h4-5,8,10,12-15H,3,6-7,9H2,1-2H3. The number of rotatable bonds is 7. The number of ether oxygens (including phenoxy) is 1. The maximum Gasteiger partial charge on any atom is 0.0759 e. The minimum atomic E-state index is 0.352. The van der Waals surface area contributed by atoms with E-state index in [1.807, 2.05) is 25.5 Å². The summed E-state index contributed by atoms with van der Waals surface area (Å²) in [7, 11) is 2.02. The van der Waals surface area contributed by atoms with Crippen LogP contribution in [0.25, 0.3) is 0 Å². The molecular weight excluding hydrogens is 212 g/mol. The second-order valence-corrected chi connectivity index (χ2v) is 4.72. The highest BCUT2D eigenvalue weighted by Gasteiger charge is 2.36. The number of hydrogen-bond acceptors (Lipinski definition) is 3. The Morgan fingerprint density at radius 3 is 2.88 bits per heavy atom. The van der Waals surface area contributed by atoms with Gasteiger partial charge in [-0.1, -0.05) is 6.07 Å². The summed E-state index contributed by atoms with van der Waals surface area (Å²) in [5.41, 5.74) is 1.28. The van der Waals surface area contributed by atoms with Gasteiger partial charge in [0, 0.05) is 25.0 Å². The van der Waals surface area contributed by atoms with Gasteiger partial charge < -0.3 is 10.1 Å². The molecule has 0 radical (unpaired) electrons. The molecule has 3 nitrogen and oxygen atoms in total. The zero-order chi connectivity index (χ0) is 12.1. The van der Waals surface area contributed by atoms with Crippen molar-refractivity contribution in [3.8, 4) is 0 Å². The molecule has 1 N–H and O–H groups in total. The van der Waals surface area contributed by atoms with Crippen molar-refractivity contribution >= 4 is 0 Å². The van der Waals surface area contributed by atoms with E-state index in [1.165, 1.54) is 18.4 Å². The molecule has 0 spiro atoms. The summed E-state index contributed by atoms with van der Waals surface area (Å²) in [5, 5.41) is 3.40. The summed E-state index contributed by atoms with van der Waals surface area (Å²) < 4.78 is 5.91. The quantitative estimate of drug-likeness (QED) is 0.784. The number of likely N-dealkylation sites (N-methyl/N-ethyl adjacent to an activating group) is 1. The maximum absolute atomic E-state index is 5.91. The molecule has 17 heavy (non-hydrogen) atoms. The van der Waals surface area contributed by atoms with Gasteiger partial charge in [0.2, 0.25) is 0 Å². The van der Waals surface area contributed by atoms with Gasteiger partial charge in [-0.25, -0.2) is 0 Å². The molecule has 2 atom stereocenters. The Labute approximate surface area is 104 Å². The van der Waals surface area contributed by atoms with Crippen LogP contribution in [0, 0.1) is 5.92 Å². The molecule has 2 unspecified atom stereocenters. The van der Waals surface area contributed by atoms with Crippen molar-refractivity contribution < 1.29 is 4.74 Å². The highest BCUT2D eigenvalue weighted by molar-refractivity contribution is 5.11. The summed E-state index contributed by atoms with van der Waals surface area (Å²) in [6.45, 7) is 2.87. The van der Waals surface area contributed by atoms with Crippen molar-refractivity contribution in [2.75, 3.05) is 13.7 Å². The van der Waals surface area contributed by atoms with E-state index >= 15 is 0 Å². The van der Waals surface area contributed by atoms with Crippen molar-refractivity contribution in [2.45, 2.75) is 38.3 Å².